The van der Waals surface area contributed by atoms with Crippen molar-refractivity contribution in [2.45, 2.75) is 25.8 Å². The standard InChI is InChI=1S/C21H25N5.2ClH/c1-2-6-17(7-3-1)19-18(26-13-5-10-23-20(26)24-19)14-25-12-4-8-21(16-25)9-11-22-15-21;;/h1-3,5-7,10,13,22H,4,8-9,11-12,14-16H2;2*1H. The van der Waals surface area contributed by atoms with E-state index in [0.29, 0.717) is 5.41 Å². The first kappa shape index (κ1) is 21.1. The third-order valence-corrected chi connectivity index (χ3v) is 6.00. The quantitative estimate of drug-likeness (QED) is 0.700. The topological polar surface area (TPSA) is 45.5 Å². The van der Waals surface area contributed by atoms with Gasteiger partial charge < -0.3 is 5.32 Å². The summed E-state index contributed by atoms with van der Waals surface area (Å²) in [5.41, 5.74) is 3.96. The number of nitrogens with zero attached hydrogens (tertiary/aromatic N) is 4. The number of halogens is 2. The Balaban J connectivity index is 0.00000112. The Hall–Kier alpha value is -1.66. The Kier molecular flexibility index (Phi) is 6.61. The largest absolute Gasteiger partial charge is 0.316 e. The van der Waals surface area contributed by atoms with E-state index >= 15 is 0 Å². The molecule has 150 valence electrons. The predicted octanol–water partition coefficient (Wildman–Crippen LogP) is 3.82. The van der Waals surface area contributed by atoms with Crippen molar-refractivity contribution in [3.63, 3.8) is 0 Å². The van der Waals surface area contributed by atoms with E-state index in [-0.39, 0.29) is 24.8 Å². The van der Waals surface area contributed by atoms with Crippen molar-refractivity contribution in [3.8, 4) is 11.3 Å². The predicted molar refractivity (Wildman–Crippen MR) is 117 cm³/mol. The molecule has 0 bridgehead atoms. The van der Waals surface area contributed by atoms with E-state index in [4.69, 9.17) is 4.98 Å². The van der Waals surface area contributed by atoms with Crippen molar-refractivity contribution in [3.05, 3.63) is 54.5 Å². The summed E-state index contributed by atoms with van der Waals surface area (Å²) in [5, 5.41) is 3.57. The van der Waals surface area contributed by atoms with Gasteiger partial charge >= 0.3 is 0 Å². The Bertz CT molecular complexity index is 906. The molecule has 0 amide bonds. The number of imidazole rings is 1. The third kappa shape index (κ3) is 3.90. The second kappa shape index (κ2) is 8.78. The van der Waals surface area contributed by atoms with Crippen LogP contribution in [0.5, 0.6) is 0 Å². The number of likely N-dealkylation sites (tertiary alicyclic amines) is 1. The highest BCUT2D eigenvalue weighted by molar-refractivity contribution is 5.85. The van der Waals surface area contributed by atoms with Crippen molar-refractivity contribution in [1.29, 1.82) is 0 Å². The fraction of sp³-hybridized carbons (Fsp3) is 0.429. The summed E-state index contributed by atoms with van der Waals surface area (Å²) >= 11 is 0. The van der Waals surface area contributed by atoms with Gasteiger partial charge in [-0.25, -0.2) is 9.97 Å². The minimum absolute atomic E-state index is 0. The lowest BCUT2D eigenvalue weighted by molar-refractivity contribution is 0.0967. The molecule has 1 atom stereocenters. The molecule has 5 rings (SSSR count). The van der Waals surface area contributed by atoms with Crippen LogP contribution in [-0.4, -0.2) is 45.4 Å². The molecule has 4 heterocycles. The van der Waals surface area contributed by atoms with Crippen molar-refractivity contribution in [1.82, 2.24) is 24.6 Å². The second-order valence-corrected chi connectivity index (χ2v) is 7.80. The van der Waals surface area contributed by atoms with Crippen molar-refractivity contribution >= 4 is 30.6 Å². The van der Waals surface area contributed by atoms with Crippen molar-refractivity contribution < 1.29 is 0 Å². The fourth-order valence-electron chi connectivity index (χ4n) is 4.71. The molecule has 1 aromatic carbocycles. The number of benzene rings is 1. The van der Waals surface area contributed by atoms with Gasteiger partial charge in [-0.3, -0.25) is 9.30 Å². The third-order valence-electron chi connectivity index (χ3n) is 6.00. The molecule has 5 nitrogen and oxygen atoms in total. The maximum Gasteiger partial charge on any atom is 0.234 e. The van der Waals surface area contributed by atoms with Crippen LogP contribution in [0.15, 0.2) is 48.8 Å². The molecule has 2 aromatic heterocycles. The molecular formula is C21H27Cl2N5. The first-order valence-electron chi connectivity index (χ1n) is 9.64. The number of piperidine rings is 1. The molecule has 2 aliphatic heterocycles. The van der Waals surface area contributed by atoms with Crippen LogP contribution in [0.4, 0.5) is 0 Å². The van der Waals surface area contributed by atoms with E-state index in [1.807, 2.05) is 12.3 Å². The number of aromatic nitrogens is 3. The molecule has 2 saturated heterocycles. The first-order valence-corrected chi connectivity index (χ1v) is 9.64. The lowest BCUT2D eigenvalue weighted by atomic mass is 9.79. The van der Waals surface area contributed by atoms with E-state index in [1.54, 1.807) is 0 Å². The summed E-state index contributed by atoms with van der Waals surface area (Å²) in [7, 11) is 0. The van der Waals surface area contributed by atoms with Gasteiger partial charge in [-0.15, -0.1) is 24.8 Å². The Morgan fingerprint density at radius 3 is 2.71 bits per heavy atom. The van der Waals surface area contributed by atoms with Crippen LogP contribution >= 0.6 is 24.8 Å². The number of hydrogen-bond acceptors (Lipinski definition) is 4. The van der Waals surface area contributed by atoms with Gasteiger partial charge in [0.1, 0.15) is 0 Å². The summed E-state index contributed by atoms with van der Waals surface area (Å²) in [6, 6.07) is 12.5. The SMILES string of the molecule is Cl.Cl.c1ccc(-c2nc3ncccn3c2CN2CCCC3(CCNC3)C2)cc1. The molecule has 7 heteroatoms. The van der Waals surface area contributed by atoms with Gasteiger partial charge in [0, 0.05) is 37.6 Å². The molecule has 0 saturated carbocycles. The van der Waals surface area contributed by atoms with Crippen LogP contribution < -0.4 is 5.32 Å². The second-order valence-electron chi connectivity index (χ2n) is 7.80. The van der Waals surface area contributed by atoms with Gasteiger partial charge in [0.2, 0.25) is 5.78 Å². The van der Waals surface area contributed by atoms with Gasteiger partial charge in [-0.2, -0.15) is 0 Å². The van der Waals surface area contributed by atoms with Crippen molar-refractivity contribution in [2.75, 3.05) is 26.2 Å². The van der Waals surface area contributed by atoms with Gasteiger partial charge in [-0.05, 0) is 43.8 Å². The summed E-state index contributed by atoms with van der Waals surface area (Å²) in [6.45, 7) is 5.62. The lowest BCUT2D eigenvalue weighted by Gasteiger charge is -2.40. The van der Waals surface area contributed by atoms with Gasteiger partial charge in [0.15, 0.2) is 0 Å². The summed E-state index contributed by atoms with van der Waals surface area (Å²) in [6.07, 6.45) is 7.87. The normalized spacial score (nSPS) is 22.1. The van der Waals surface area contributed by atoms with E-state index in [0.717, 1.165) is 18.0 Å². The van der Waals surface area contributed by atoms with Crippen LogP contribution in [0.1, 0.15) is 25.0 Å². The van der Waals surface area contributed by atoms with Crippen LogP contribution in [0.3, 0.4) is 0 Å². The molecule has 0 radical (unpaired) electrons. The van der Waals surface area contributed by atoms with E-state index in [1.165, 1.54) is 56.7 Å². The highest BCUT2D eigenvalue weighted by Crippen LogP contribution is 2.36. The maximum absolute atomic E-state index is 4.85. The minimum Gasteiger partial charge on any atom is -0.316 e. The average Bonchev–Trinajstić information content (AvgIpc) is 3.28. The number of rotatable bonds is 3. The monoisotopic (exact) mass is 419 g/mol. The first-order chi connectivity index (χ1) is 12.8. The number of fused-ring (bicyclic) bond motifs is 1. The van der Waals surface area contributed by atoms with Crippen LogP contribution in [-0.2, 0) is 6.54 Å². The lowest BCUT2D eigenvalue weighted by Crippen LogP contribution is -2.44. The molecule has 3 aromatic rings. The molecule has 2 aliphatic rings. The van der Waals surface area contributed by atoms with E-state index < -0.39 is 0 Å². The summed E-state index contributed by atoms with van der Waals surface area (Å²) in [4.78, 5) is 12.0. The molecule has 1 N–H and O–H groups in total. The molecule has 2 fully saturated rings. The average molecular weight is 420 g/mol. The molecule has 0 aliphatic carbocycles. The van der Waals surface area contributed by atoms with Crippen LogP contribution in [0, 0.1) is 5.41 Å². The molecule has 1 unspecified atom stereocenters. The van der Waals surface area contributed by atoms with Crippen LogP contribution in [0.2, 0.25) is 0 Å². The Morgan fingerprint density at radius 1 is 1.07 bits per heavy atom. The summed E-state index contributed by atoms with van der Waals surface area (Å²) < 4.78 is 2.16. The maximum atomic E-state index is 4.85. The zero-order valence-corrected chi connectivity index (χ0v) is 17.5. The van der Waals surface area contributed by atoms with E-state index in [2.05, 4.69) is 56.1 Å². The molecular weight excluding hydrogens is 393 g/mol. The number of hydrogen-bond donors (Lipinski definition) is 1. The molecule has 1 spiro atoms. The van der Waals surface area contributed by atoms with Gasteiger partial charge in [0.25, 0.3) is 0 Å². The fourth-order valence-corrected chi connectivity index (χ4v) is 4.71. The highest BCUT2D eigenvalue weighted by atomic mass is 35.5. The van der Waals surface area contributed by atoms with Crippen molar-refractivity contribution in [2.24, 2.45) is 5.41 Å². The number of nitrogens with one attached hydrogen (secondary N) is 1. The van der Waals surface area contributed by atoms with Gasteiger partial charge in [0.05, 0.1) is 11.4 Å². The molecule has 28 heavy (non-hydrogen) atoms. The zero-order chi connectivity index (χ0) is 17.4. The zero-order valence-electron chi connectivity index (χ0n) is 15.9. The minimum atomic E-state index is 0. The Morgan fingerprint density at radius 2 is 1.93 bits per heavy atom. The van der Waals surface area contributed by atoms with Gasteiger partial charge in [-0.1, -0.05) is 30.3 Å². The highest BCUT2D eigenvalue weighted by Gasteiger charge is 2.38. The Labute approximate surface area is 178 Å². The smallest absolute Gasteiger partial charge is 0.234 e. The van der Waals surface area contributed by atoms with Crippen LogP contribution in [0.25, 0.3) is 17.0 Å². The van der Waals surface area contributed by atoms with E-state index in [9.17, 15) is 0 Å². The summed E-state index contributed by atoms with van der Waals surface area (Å²) in [5.74, 6) is 0.788.